The first-order valence-corrected chi connectivity index (χ1v) is 14.7. The number of nitrogens with zero attached hydrogens (tertiary/aromatic N) is 6. The van der Waals surface area contributed by atoms with Crippen molar-refractivity contribution in [3.8, 4) is 17.2 Å². The lowest BCUT2D eigenvalue weighted by atomic mass is 10.1. The van der Waals surface area contributed by atoms with Crippen LogP contribution < -0.4 is 15.4 Å². The fourth-order valence-electron chi connectivity index (χ4n) is 4.02. The van der Waals surface area contributed by atoms with Crippen LogP contribution in [0.15, 0.2) is 78.1 Å². The van der Waals surface area contributed by atoms with Crippen LogP contribution in [-0.2, 0) is 11.3 Å². The number of allylic oxidation sites excluding steroid dienone is 1. The maximum Gasteiger partial charge on any atom is 0.343 e. The Bertz CT molecular complexity index is 1650. The fourth-order valence-corrected chi connectivity index (χ4v) is 4.02. The highest BCUT2D eigenvalue weighted by atomic mass is 16.5. The number of nitrogens with one attached hydrogen (secondary N) is 2. The van der Waals surface area contributed by atoms with E-state index in [9.17, 15) is 4.79 Å². The highest BCUT2D eigenvalue weighted by Gasteiger charge is 2.21. The number of likely N-dealkylation sites (N-methyl/N-ethyl adjacent to an activating group) is 1. The van der Waals surface area contributed by atoms with Gasteiger partial charge in [0.15, 0.2) is 17.2 Å². The molecule has 46 heavy (non-hydrogen) atoms. The van der Waals surface area contributed by atoms with E-state index in [0.29, 0.717) is 34.2 Å². The number of hydrogen-bond acceptors (Lipinski definition) is 11. The fraction of sp³-hybridized carbons (Fsp3) is 0.324. The highest BCUT2D eigenvalue weighted by molar-refractivity contribution is 5.96. The summed E-state index contributed by atoms with van der Waals surface area (Å²) in [5.41, 5.74) is 3.47. The lowest BCUT2D eigenvalue weighted by molar-refractivity contribution is 0.0526. The molecule has 0 aliphatic heterocycles. The number of carbonyl (C=O) groups is 1. The first-order chi connectivity index (χ1) is 21.9. The number of anilines is 4. The van der Waals surface area contributed by atoms with Crippen LogP contribution in [-0.4, -0.2) is 70.0 Å². The minimum Gasteiger partial charge on any atom is -0.494 e. The zero-order valence-corrected chi connectivity index (χ0v) is 27.0. The van der Waals surface area contributed by atoms with Crippen molar-refractivity contribution in [2.24, 2.45) is 0 Å². The summed E-state index contributed by atoms with van der Waals surface area (Å²) in [6.45, 7) is 12.8. The molecular weight excluding hydrogens is 584 g/mol. The molecule has 12 nitrogen and oxygen atoms in total. The average Bonchev–Trinajstić information content (AvgIpc) is 3.68. The number of para-hydroxylation sites is 3. The molecule has 0 saturated carbocycles. The molecule has 0 bridgehead atoms. The van der Waals surface area contributed by atoms with Crippen LogP contribution in [0.2, 0.25) is 0 Å². The van der Waals surface area contributed by atoms with E-state index >= 15 is 0 Å². The summed E-state index contributed by atoms with van der Waals surface area (Å²) in [6, 6.07) is 13.0. The van der Waals surface area contributed by atoms with Gasteiger partial charge < -0.3 is 29.4 Å². The summed E-state index contributed by atoms with van der Waals surface area (Å²) in [5, 5.41) is 10.7. The van der Waals surface area contributed by atoms with Gasteiger partial charge in [-0.1, -0.05) is 45.5 Å². The number of ether oxygens (including phenoxy) is 2. The van der Waals surface area contributed by atoms with Gasteiger partial charge in [0.1, 0.15) is 11.1 Å². The Labute approximate surface area is 271 Å². The third-order valence-corrected chi connectivity index (χ3v) is 5.95. The van der Waals surface area contributed by atoms with Crippen molar-refractivity contribution in [3.63, 3.8) is 0 Å². The number of oxazole rings is 1. The van der Waals surface area contributed by atoms with Crippen molar-refractivity contribution >= 4 is 40.2 Å². The van der Waals surface area contributed by atoms with Crippen molar-refractivity contribution in [1.29, 1.82) is 0 Å². The minimum atomic E-state index is -0.554. The molecule has 3 heterocycles. The average molecular weight is 631 g/mol. The van der Waals surface area contributed by atoms with Crippen LogP contribution in [0.3, 0.4) is 0 Å². The lowest BCUT2D eigenvalue weighted by Crippen LogP contribution is -2.18. The molecule has 2 aromatic carbocycles. The number of benzene rings is 2. The molecule has 12 heteroatoms. The van der Waals surface area contributed by atoms with E-state index in [2.05, 4.69) is 42.2 Å². The Morgan fingerprint density at radius 3 is 2.50 bits per heavy atom. The van der Waals surface area contributed by atoms with Gasteiger partial charge in [-0.25, -0.2) is 14.8 Å². The molecular formula is C34H46N8O4. The molecule has 5 rings (SSSR count). The maximum absolute atomic E-state index is 12.8. The van der Waals surface area contributed by atoms with Crippen molar-refractivity contribution in [2.75, 3.05) is 45.0 Å². The first-order valence-electron chi connectivity index (χ1n) is 14.7. The largest absolute Gasteiger partial charge is 0.494 e. The van der Waals surface area contributed by atoms with Gasteiger partial charge in [0.25, 0.3) is 0 Å². The number of aromatic nitrogens is 5. The standard InChI is InChI=1S/C28H30N8O4.C3H6.C2H6.CH4/c1-5-39-27(37)20-16-29-28(31-18-15-30-36(17-18)14-13-35(2)3)34-25(20)32-22-11-8-9-19(24(22)38-4)26-33-21-10-6-7-12-23(21)40-26;1-3-2;1-2;/h6-12,15-17H,5,13-14H2,1-4H3,(H2,29,31,32,34);3H,1H2,2H3;1-2H3;1H4. The third kappa shape index (κ3) is 9.63. The maximum atomic E-state index is 12.8. The zero-order chi connectivity index (χ0) is 32.8. The topological polar surface area (TPSA) is 132 Å². The van der Waals surface area contributed by atoms with Gasteiger partial charge in [0.05, 0.1) is 43.4 Å². The molecule has 2 N–H and O–H groups in total. The number of hydrogen-bond donors (Lipinski definition) is 2. The molecule has 5 aromatic rings. The second kappa shape index (κ2) is 18.5. The molecule has 0 radical (unpaired) electrons. The molecule has 0 atom stereocenters. The normalized spacial score (nSPS) is 10.1. The summed E-state index contributed by atoms with van der Waals surface area (Å²) >= 11 is 0. The van der Waals surface area contributed by atoms with Gasteiger partial charge in [0.2, 0.25) is 11.8 Å². The number of esters is 1. The quantitative estimate of drug-likeness (QED) is 0.111. The van der Waals surface area contributed by atoms with Gasteiger partial charge in [-0.05, 0) is 52.2 Å². The van der Waals surface area contributed by atoms with Crippen LogP contribution in [0.25, 0.3) is 22.6 Å². The van der Waals surface area contributed by atoms with E-state index in [0.717, 1.165) is 18.6 Å². The summed E-state index contributed by atoms with van der Waals surface area (Å²) in [6.07, 6.45) is 6.73. The van der Waals surface area contributed by atoms with Crippen molar-refractivity contribution < 1.29 is 18.7 Å². The third-order valence-electron chi connectivity index (χ3n) is 5.95. The minimum absolute atomic E-state index is 0. The first kappa shape index (κ1) is 37.0. The smallest absolute Gasteiger partial charge is 0.343 e. The number of fused-ring (bicyclic) bond motifs is 1. The predicted molar refractivity (Wildman–Crippen MR) is 185 cm³/mol. The van der Waals surface area contributed by atoms with Gasteiger partial charge in [0, 0.05) is 18.9 Å². The number of rotatable bonds is 11. The Balaban J connectivity index is 0.00000116. The van der Waals surface area contributed by atoms with Crippen LogP contribution in [0.4, 0.5) is 23.1 Å². The van der Waals surface area contributed by atoms with E-state index in [1.807, 2.05) is 88.2 Å². The Morgan fingerprint density at radius 1 is 1.09 bits per heavy atom. The molecule has 0 amide bonds. The van der Waals surface area contributed by atoms with Crippen LogP contribution >= 0.6 is 0 Å². The molecule has 0 saturated heterocycles. The summed E-state index contributed by atoms with van der Waals surface area (Å²) in [7, 11) is 5.57. The van der Waals surface area contributed by atoms with E-state index in [1.54, 1.807) is 26.3 Å². The molecule has 0 aliphatic rings. The van der Waals surface area contributed by atoms with E-state index in [-0.39, 0.29) is 31.4 Å². The van der Waals surface area contributed by atoms with Gasteiger partial charge in [-0.15, -0.1) is 6.58 Å². The summed E-state index contributed by atoms with van der Waals surface area (Å²) in [4.78, 5) is 28.4. The predicted octanol–water partition coefficient (Wildman–Crippen LogP) is 7.57. The van der Waals surface area contributed by atoms with Crippen LogP contribution in [0, 0.1) is 0 Å². The van der Waals surface area contributed by atoms with Crippen molar-refractivity contribution in [3.05, 3.63) is 79.3 Å². The Morgan fingerprint density at radius 2 is 1.83 bits per heavy atom. The van der Waals surface area contributed by atoms with Gasteiger partial charge in [-0.2, -0.15) is 10.1 Å². The second-order valence-electron chi connectivity index (χ2n) is 9.50. The SMILES string of the molecule is C.C=CC.CC.CCOC(=O)c1cnc(Nc2cnn(CCN(C)C)c2)nc1Nc1cccc(-c2nc3ccccc3o2)c1OC. The number of carbonyl (C=O) groups excluding carboxylic acids is 1. The van der Waals surface area contributed by atoms with E-state index in [4.69, 9.17) is 13.9 Å². The zero-order valence-electron chi connectivity index (χ0n) is 27.0. The van der Waals surface area contributed by atoms with Gasteiger partial charge >= 0.3 is 5.97 Å². The molecule has 3 aromatic heterocycles. The molecule has 0 unspecified atom stereocenters. The number of methoxy groups -OCH3 is 1. The van der Waals surface area contributed by atoms with Crippen LogP contribution in [0.5, 0.6) is 5.75 Å². The molecule has 246 valence electrons. The van der Waals surface area contributed by atoms with Gasteiger partial charge in [-0.3, -0.25) is 4.68 Å². The van der Waals surface area contributed by atoms with Crippen molar-refractivity contribution in [1.82, 2.24) is 29.6 Å². The molecule has 0 fully saturated rings. The Kier molecular flexibility index (Phi) is 14.9. The lowest BCUT2D eigenvalue weighted by Gasteiger charge is -2.15. The summed E-state index contributed by atoms with van der Waals surface area (Å²) in [5.74, 6) is 0.839. The monoisotopic (exact) mass is 630 g/mol. The molecule has 0 spiro atoms. The van der Waals surface area contributed by atoms with E-state index < -0.39 is 5.97 Å². The van der Waals surface area contributed by atoms with E-state index in [1.165, 1.54) is 6.20 Å². The second-order valence-corrected chi connectivity index (χ2v) is 9.50. The Hall–Kier alpha value is -5.23. The van der Waals surface area contributed by atoms with Crippen molar-refractivity contribution in [2.45, 2.75) is 41.7 Å². The van der Waals surface area contributed by atoms with Crippen LogP contribution in [0.1, 0.15) is 45.5 Å². The highest BCUT2D eigenvalue weighted by Crippen LogP contribution is 2.39. The molecule has 0 aliphatic carbocycles. The summed E-state index contributed by atoms with van der Waals surface area (Å²) < 4.78 is 18.8.